The topological polar surface area (TPSA) is 34.1 Å². The maximum atomic E-state index is 11.9. The molecule has 2 rings (SSSR count). The largest absolute Gasteiger partial charge is 0.224 e. The lowest BCUT2D eigenvalue weighted by molar-refractivity contribution is 0.604. The molecule has 4 heteroatoms. The molecular weight excluding hydrogens is 264 g/mol. The zero-order chi connectivity index (χ0) is 13.0. The summed E-state index contributed by atoms with van der Waals surface area (Å²) >= 11 is 1.55. The molecule has 0 unspecified atom stereocenters. The molecule has 2 nitrogen and oxygen atoms in total. The van der Waals surface area contributed by atoms with Gasteiger partial charge in [0.15, 0.2) is 9.84 Å². The third kappa shape index (κ3) is 3.82. The van der Waals surface area contributed by atoms with Gasteiger partial charge < -0.3 is 0 Å². The van der Waals surface area contributed by atoms with Crippen LogP contribution in [-0.2, 0) is 15.6 Å². The van der Waals surface area contributed by atoms with E-state index in [4.69, 9.17) is 0 Å². The van der Waals surface area contributed by atoms with Crippen LogP contribution in [0.25, 0.3) is 6.08 Å². The van der Waals surface area contributed by atoms with Crippen molar-refractivity contribution in [1.82, 2.24) is 0 Å². The highest BCUT2D eigenvalue weighted by Gasteiger charge is 2.07. The van der Waals surface area contributed by atoms with Crippen LogP contribution in [-0.4, -0.2) is 8.42 Å². The molecule has 0 saturated carbocycles. The summed E-state index contributed by atoms with van der Waals surface area (Å²) in [5.74, 6) is 0.0495. The standard InChI is InChI=1S/C14H14O2S2/c1-12-2-4-14(5-3-12)11-18(15,16)9-7-13-6-8-17-10-13/h2-10H,11H2,1H3. The Labute approximate surface area is 112 Å². The van der Waals surface area contributed by atoms with Gasteiger partial charge in [0.2, 0.25) is 0 Å². The first kappa shape index (κ1) is 13.1. The number of hydrogen-bond donors (Lipinski definition) is 0. The van der Waals surface area contributed by atoms with Gasteiger partial charge in [-0.25, -0.2) is 8.42 Å². The first-order valence-electron chi connectivity index (χ1n) is 5.54. The molecule has 0 bridgehead atoms. The zero-order valence-corrected chi connectivity index (χ0v) is 11.7. The number of sulfone groups is 1. The van der Waals surface area contributed by atoms with E-state index in [0.717, 1.165) is 16.7 Å². The highest BCUT2D eigenvalue weighted by atomic mass is 32.2. The quantitative estimate of drug-likeness (QED) is 0.855. The summed E-state index contributed by atoms with van der Waals surface area (Å²) < 4.78 is 23.8. The Morgan fingerprint density at radius 3 is 2.50 bits per heavy atom. The van der Waals surface area contributed by atoms with Crippen molar-refractivity contribution in [2.45, 2.75) is 12.7 Å². The van der Waals surface area contributed by atoms with Gasteiger partial charge in [0.05, 0.1) is 5.75 Å². The van der Waals surface area contributed by atoms with Crippen LogP contribution in [0, 0.1) is 6.92 Å². The fourth-order valence-electron chi connectivity index (χ4n) is 1.52. The van der Waals surface area contributed by atoms with Crippen LogP contribution < -0.4 is 0 Å². The first-order valence-corrected chi connectivity index (χ1v) is 8.19. The Morgan fingerprint density at radius 2 is 1.89 bits per heavy atom. The van der Waals surface area contributed by atoms with Crippen molar-refractivity contribution in [3.8, 4) is 0 Å². The summed E-state index contributed by atoms with van der Waals surface area (Å²) in [6, 6.07) is 9.44. The summed E-state index contributed by atoms with van der Waals surface area (Å²) in [6.45, 7) is 1.98. The minimum absolute atomic E-state index is 0.0495. The molecule has 0 saturated heterocycles. The lowest BCUT2D eigenvalue weighted by Gasteiger charge is -2.00. The molecule has 0 aliphatic rings. The zero-order valence-electron chi connectivity index (χ0n) is 10.0. The van der Waals surface area contributed by atoms with E-state index < -0.39 is 9.84 Å². The van der Waals surface area contributed by atoms with Crippen molar-refractivity contribution in [3.05, 3.63) is 63.2 Å². The average Bonchev–Trinajstić information content (AvgIpc) is 2.83. The second-order valence-corrected chi connectivity index (χ2v) is 6.82. The van der Waals surface area contributed by atoms with Gasteiger partial charge in [-0.05, 0) is 41.0 Å². The number of aryl methyl sites for hydroxylation is 1. The van der Waals surface area contributed by atoms with Crippen molar-refractivity contribution in [2.24, 2.45) is 0 Å². The van der Waals surface area contributed by atoms with Crippen LogP contribution in [0.1, 0.15) is 16.7 Å². The summed E-state index contributed by atoms with van der Waals surface area (Å²) in [7, 11) is -3.20. The summed E-state index contributed by atoms with van der Waals surface area (Å²) in [5, 5.41) is 5.12. The third-order valence-corrected chi connectivity index (χ3v) is 4.49. The molecule has 0 radical (unpaired) electrons. The molecule has 0 fully saturated rings. The van der Waals surface area contributed by atoms with Crippen molar-refractivity contribution in [3.63, 3.8) is 0 Å². The predicted molar refractivity (Wildman–Crippen MR) is 77.2 cm³/mol. The van der Waals surface area contributed by atoms with E-state index in [0.29, 0.717) is 0 Å². The van der Waals surface area contributed by atoms with Gasteiger partial charge in [0.25, 0.3) is 0 Å². The van der Waals surface area contributed by atoms with Gasteiger partial charge in [-0.1, -0.05) is 29.8 Å². The van der Waals surface area contributed by atoms with E-state index >= 15 is 0 Å². The maximum Gasteiger partial charge on any atom is 0.175 e. The molecule has 0 aliphatic carbocycles. The van der Waals surface area contributed by atoms with E-state index in [9.17, 15) is 8.42 Å². The Kier molecular flexibility index (Phi) is 3.99. The molecule has 0 N–H and O–H groups in total. The minimum Gasteiger partial charge on any atom is -0.224 e. The van der Waals surface area contributed by atoms with Gasteiger partial charge in [0.1, 0.15) is 0 Å². The van der Waals surface area contributed by atoms with Crippen LogP contribution in [0.5, 0.6) is 0 Å². The van der Waals surface area contributed by atoms with Gasteiger partial charge in [-0.3, -0.25) is 0 Å². The molecule has 1 aromatic carbocycles. The van der Waals surface area contributed by atoms with Crippen molar-refractivity contribution >= 4 is 27.3 Å². The molecule has 18 heavy (non-hydrogen) atoms. The Bertz CT molecular complexity index is 621. The molecule has 0 aliphatic heterocycles. The van der Waals surface area contributed by atoms with Gasteiger partial charge >= 0.3 is 0 Å². The number of hydrogen-bond acceptors (Lipinski definition) is 3. The third-order valence-electron chi connectivity index (χ3n) is 2.50. The van der Waals surface area contributed by atoms with Crippen molar-refractivity contribution in [2.75, 3.05) is 0 Å². The van der Waals surface area contributed by atoms with Gasteiger partial charge in [-0.2, -0.15) is 11.3 Å². The number of benzene rings is 1. The van der Waals surface area contributed by atoms with E-state index in [2.05, 4.69) is 0 Å². The van der Waals surface area contributed by atoms with Crippen LogP contribution in [0.2, 0.25) is 0 Å². The first-order chi connectivity index (χ1) is 8.55. The van der Waals surface area contributed by atoms with Gasteiger partial charge in [0, 0.05) is 5.41 Å². The fraction of sp³-hybridized carbons (Fsp3) is 0.143. The SMILES string of the molecule is Cc1ccc(CS(=O)(=O)C=Cc2ccsc2)cc1. The van der Waals surface area contributed by atoms with Crippen LogP contribution in [0.4, 0.5) is 0 Å². The van der Waals surface area contributed by atoms with Crippen molar-refractivity contribution in [1.29, 1.82) is 0 Å². The van der Waals surface area contributed by atoms with E-state index in [1.165, 1.54) is 5.41 Å². The van der Waals surface area contributed by atoms with Gasteiger partial charge in [-0.15, -0.1) is 0 Å². The Hall–Kier alpha value is -1.39. The summed E-state index contributed by atoms with van der Waals surface area (Å²) in [4.78, 5) is 0. The Balaban J connectivity index is 2.10. The second kappa shape index (κ2) is 5.50. The van der Waals surface area contributed by atoms with E-state index in [1.54, 1.807) is 17.4 Å². The Morgan fingerprint density at radius 1 is 1.17 bits per heavy atom. The molecule has 0 amide bonds. The lowest BCUT2D eigenvalue weighted by Crippen LogP contribution is -1.99. The summed E-state index contributed by atoms with van der Waals surface area (Å²) in [6.07, 6.45) is 1.64. The molecule has 94 valence electrons. The summed E-state index contributed by atoms with van der Waals surface area (Å²) in [5.41, 5.74) is 2.87. The van der Waals surface area contributed by atoms with Crippen LogP contribution >= 0.6 is 11.3 Å². The fourth-order valence-corrected chi connectivity index (χ4v) is 3.26. The highest BCUT2D eigenvalue weighted by Crippen LogP contribution is 2.12. The highest BCUT2D eigenvalue weighted by molar-refractivity contribution is 7.93. The molecular formula is C14H14O2S2. The average molecular weight is 278 g/mol. The number of thiophene rings is 1. The molecule has 0 atom stereocenters. The normalized spacial score (nSPS) is 12.1. The minimum atomic E-state index is -3.20. The number of rotatable bonds is 4. The predicted octanol–water partition coefficient (Wildman–Crippen LogP) is 3.64. The van der Waals surface area contributed by atoms with E-state index in [-0.39, 0.29) is 5.75 Å². The van der Waals surface area contributed by atoms with Crippen LogP contribution in [0.3, 0.4) is 0 Å². The molecule has 0 spiro atoms. The molecule has 2 aromatic rings. The monoisotopic (exact) mass is 278 g/mol. The molecule has 1 heterocycles. The van der Waals surface area contributed by atoms with E-state index in [1.807, 2.05) is 48.0 Å². The lowest BCUT2D eigenvalue weighted by atomic mass is 10.2. The smallest absolute Gasteiger partial charge is 0.175 e. The second-order valence-electron chi connectivity index (χ2n) is 4.15. The van der Waals surface area contributed by atoms with Crippen LogP contribution in [0.15, 0.2) is 46.5 Å². The maximum absolute atomic E-state index is 11.9. The van der Waals surface area contributed by atoms with Crippen molar-refractivity contribution < 1.29 is 8.42 Å². The molecule has 1 aromatic heterocycles.